The molecule has 0 aliphatic heterocycles. The van der Waals surface area contributed by atoms with Crippen LogP contribution in [0.5, 0.6) is 0 Å². The molecule has 0 fully saturated rings. The lowest BCUT2D eigenvalue weighted by atomic mass is 10.0. The van der Waals surface area contributed by atoms with E-state index in [-0.39, 0.29) is 11.9 Å². The summed E-state index contributed by atoms with van der Waals surface area (Å²) in [6.07, 6.45) is 0.364. The fraction of sp³-hybridized carbons (Fsp3) is 0.333. The Morgan fingerprint density at radius 3 is 2.50 bits per heavy atom. The number of aryl methyl sites for hydroxylation is 2. The van der Waals surface area contributed by atoms with Crippen LogP contribution in [0.1, 0.15) is 40.2 Å². The Morgan fingerprint density at radius 2 is 1.88 bits per heavy atom. The van der Waals surface area contributed by atoms with Crippen molar-refractivity contribution in [1.29, 1.82) is 0 Å². The summed E-state index contributed by atoms with van der Waals surface area (Å²) in [5.74, 6) is 0.395. The summed E-state index contributed by atoms with van der Waals surface area (Å²) < 4.78 is 0. The number of carbonyl (C=O) groups excluding carboxylic acids is 1. The SMILES string of the molecule is Cc1ccc(-c2nc(C)sc2CC(=O)NC(c2cccs2)C(C)C)cc1. The molecule has 1 N–H and O–H groups in total. The number of rotatable bonds is 6. The van der Waals surface area contributed by atoms with E-state index in [9.17, 15) is 4.79 Å². The van der Waals surface area contributed by atoms with E-state index in [1.54, 1.807) is 22.7 Å². The number of nitrogens with one attached hydrogen (secondary N) is 1. The van der Waals surface area contributed by atoms with Crippen LogP contribution in [-0.2, 0) is 11.2 Å². The maximum absolute atomic E-state index is 12.7. The lowest BCUT2D eigenvalue weighted by molar-refractivity contribution is -0.121. The highest BCUT2D eigenvalue weighted by atomic mass is 32.1. The second-order valence-electron chi connectivity index (χ2n) is 6.85. The summed E-state index contributed by atoms with van der Waals surface area (Å²) in [6, 6.07) is 12.5. The minimum atomic E-state index is 0.0501. The van der Waals surface area contributed by atoms with Crippen LogP contribution in [-0.4, -0.2) is 10.9 Å². The van der Waals surface area contributed by atoms with E-state index in [0.717, 1.165) is 21.1 Å². The molecule has 3 nitrogen and oxygen atoms in total. The van der Waals surface area contributed by atoms with E-state index in [1.165, 1.54) is 10.4 Å². The molecule has 1 amide bonds. The molecular formula is C21H24N2OS2. The Hall–Kier alpha value is -1.98. The van der Waals surface area contributed by atoms with E-state index >= 15 is 0 Å². The highest BCUT2D eigenvalue weighted by molar-refractivity contribution is 7.12. The molecule has 2 aromatic heterocycles. The molecule has 1 atom stereocenters. The Kier molecular flexibility index (Phi) is 5.89. The topological polar surface area (TPSA) is 42.0 Å². The van der Waals surface area contributed by atoms with Gasteiger partial charge in [0.05, 0.1) is 23.2 Å². The summed E-state index contributed by atoms with van der Waals surface area (Å²) in [5.41, 5.74) is 3.22. The van der Waals surface area contributed by atoms with Crippen molar-refractivity contribution in [3.63, 3.8) is 0 Å². The lowest BCUT2D eigenvalue weighted by Crippen LogP contribution is -2.32. The number of benzene rings is 1. The van der Waals surface area contributed by atoms with E-state index in [4.69, 9.17) is 0 Å². The Bertz CT molecular complexity index is 864. The first kappa shape index (κ1) is 18.8. The molecule has 3 rings (SSSR count). The van der Waals surface area contributed by atoms with Gasteiger partial charge in [-0.15, -0.1) is 22.7 Å². The van der Waals surface area contributed by atoms with Gasteiger partial charge >= 0.3 is 0 Å². The average Bonchev–Trinajstić information content (AvgIpc) is 3.23. The highest BCUT2D eigenvalue weighted by Crippen LogP contribution is 2.30. The minimum Gasteiger partial charge on any atom is -0.348 e. The first-order chi connectivity index (χ1) is 12.4. The van der Waals surface area contributed by atoms with Crippen molar-refractivity contribution in [2.45, 2.75) is 40.2 Å². The monoisotopic (exact) mass is 384 g/mol. The zero-order valence-corrected chi connectivity index (χ0v) is 17.2. The predicted molar refractivity (Wildman–Crippen MR) is 111 cm³/mol. The first-order valence-electron chi connectivity index (χ1n) is 8.80. The van der Waals surface area contributed by atoms with Gasteiger partial charge in [0.1, 0.15) is 0 Å². The maximum atomic E-state index is 12.7. The molecular weight excluding hydrogens is 360 g/mol. The van der Waals surface area contributed by atoms with E-state index in [0.29, 0.717) is 12.3 Å². The number of amides is 1. The molecule has 5 heteroatoms. The minimum absolute atomic E-state index is 0.0501. The maximum Gasteiger partial charge on any atom is 0.225 e. The van der Waals surface area contributed by atoms with Crippen molar-refractivity contribution < 1.29 is 4.79 Å². The second kappa shape index (κ2) is 8.14. The van der Waals surface area contributed by atoms with Crippen LogP contribution in [0.2, 0.25) is 0 Å². The second-order valence-corrected chi connectivity index (χ2v) is 9.12. The van der Waals surface area contributed by atoms with Gasteiger partial charge in [-0.2, -0.15) is 0 Å². The largest absolute Gasteiger partial charge is 0.348 e. The van der Waals surface area contributed by atoms with Crippen LogP contribution in [0.3, 0.4) is 0 Å². The Morgan fingerprint density at radius 1 is 1.15 bits per heavy atom. The molecule has 0 aliphatic rings. The van der Waals surface area contributed by atoms with Gasteiger partial charge in [0.2, 0.25) is 5.91 Å². The lowest BCUT2D eigenvalue weighted by Gasteiger charge is -2.21. The van der Waals surface area contributed by atoms with Crippen LogP contribution in [0.4, 0.5) is 0 Å². The molecule has 0 aliphatic carbocycles. The zero-order valence-electron chi connectivity index (χ0n) is 15.6. The summed E-state index contributed by atoms with van der Waals surface area (Å²) in [7, 11) is 0. The van der Waals surface area contributed by atoms with Crippen LogP contribution in [0.25, 0.3) is 11.3 Å². The number of hydrogen-bond acceptors (Lipinski definition) is 4. The number of aromatic nitrogens is 1. The van der Waals surface area contributed by atoms with Gasteiger partial charge in [0.25, 0.3) is 0 Å². The van der Waals surface area contributed by atoms with Gasteiger partial charge in [0, 0.05) is 15.3 Å². The third-order valence-corrected chi connectivity index (χ3v) is 6.21. The fourth-order valence-electron chi connectivity index (χ4n) is 2.93. The van der Waals surface area contributed by atoms with E-state index < -0.39 is 0 Å². The van der Waals surface area contributed by atoms with Crippen molar-refractivity contribution in [3.8, 4) is 11.3 Å². The van der Waals surface area contributed by atoms with Crippen molar-refractivity contribution in [2.24, 2.45) is 5.92 Å². The molecule has 26 heavy (non-hydrogen) atoms. The number of hydrogen-bond donors (Lipinski definition) is 1. The predicted octanol–water partition coefficient (Wildman–Crippen LogP) is 5.54. The molecule has 3 aromatic rings. The molecule has 0 saturated heterocycles. The molecule has 0 spiro atoms. The molecule has 0 saturated carbocycles. The van der Waals surface area contributed by atoms with Gasteiger partial charge in [-0.05, 0) is 31.2 Å². The zero-order chi connectivity index (χ0) is 18.7. The van der Waals surface area contributed by atoms with Gasteiger partial charge < -0.3 is 5.32 Å². The Labute approximate surface area is 163 Å². The average molecular weight is 385 g/mol. The molecule has 1 aromatic carbocycles. The summed E-state index contributed by atoms with van der Waals surface area (Å²) >= 11 is 3.29. The first-order valence-corrected chi connectivity index (χ1v) is 10.5. The van der Waals surface area contributed by atoms with Crippen molar-refractivity contribution >= 4 is 28.6 Å². The number of carbonyl (C=O) groups is 1. The van der Waals surface area contributed by atoms with Gasteiger partial charge in [0.15, 0.2) is 0 Å². The fourth-order valence-corrected chi connectivity index (χ4v) is 4.84. The standard InChI is InChI=1S/C21H24N2OS2/c1-13(2)20(17-6-5-11-25-17)23-19(24)12-18-21(22-15(4)26-18)16-9-7-14(3)8-10-16/h5-11,13,20H,12H2,1-4H3,(H,23,24). The van der Waals surface area contributed by atoms with Gasteiger partial charge in [-0.3, -0.25) is 4.79 Å². The number of thiazole rings is 1. The van der Waals surface area contributed by atoms with E-state index in [2.05, 4.69) is 66.8 Å². The van der Waals surface area contributed by atoms with Gasteiger partial charge in [-0.25, -0.2) is 4.98 Å². The summed E-state index contributed by atoms with van der Waals surface area (Å²) in [4.78, 5) is 19.6. The molecule has 2 heterocycles. The third-order valence-electron chi connectivity index (χ3n) is 4.28. The van der Waals surface area contributed by atoms with Crippen LogP contribution >= 0.6 is 22.7 Å². The normalized spacial score (nSPS) is 12.3. The van der Waals surface area contributed by atoms with Gasteiger partial charge in [-0.1, -0.05) is 49.7 Å². The van der Waals surface area contributed by atoms with Crippen LogP contribution in [0.15, 0.2) is 41.8 Å². The van der Waals surface area contributed by atoms with Crippen LogP contribution in [0, 0.1) is 19.8 Å². The van der Waals surface area contributed by atoms with Crippen molar-refractivity contribution in [2.75, 3.05) is 0 Å². The molecule has 136 valence electrons. The molecule has 0 bridgehead atoms. The quantitative estimate of drug-likeness (QED) is 0.606. The smallest absolute Gasteiger partial charge is 0.225 e. The summed E-state index contributed by atoms with van der Waals surface area (Å²) in [5, 5.41) is 6.26. The Balaban J connectivity index is 1.78. The number of thiophene rings is 1. The van der Waals surface area contributed by atoms with Crippen molar-refractivity contribution in [3.05, 3.63) is 62.1 Å². The molecule has 1 unspecified atom stereocenters. The van der Waals surface area contributed by atoms with Crippen LogP contribution < -0.4 is 5.32 Å². The number of nitrogens with zero attached hydrogens (tertiary/aromatic N) is 1. The summed E-state index contributed by atoms with van der Waals surface area (Å²) in [6.45, 7) is 8.34. The van der Waals surface area contributed by atoms with E-state index in [1.807, 2.05) is 13.0 Å². The van der Waals surface area contributed by atoms with Crippen molar-refractivity contribution in [1.82, 2.24) is 10.3 Å². The molecule has 0 radical (unpaired) electrons. The third kappa shape index (κ3) is 4.40. The highest BCUT2D eigenvalue weighted by Gasteiger charge is 2.21.